The number of anilines is 1. The molecule has 1 N–H and O–H groups in total. The fourth-order valence-electron chi connectivity index (χ4n) is 3.36. The number of fused-ring (bicyclic) bond motifs is 1. The Morgan fingerprint density at radius 3 is 2.47 bits per heavy atom. The van der Waals surface area contributed by atoms with E-state index in [1.807, 2.05) is 14.1 Å². The van der Waals surface area contributed by atoms with Gasteiger partial charge in [-0.25, -0.2) is 18.4 Å². The molecule has 2 aromatic heterocycles. The number of morpholine rings is 1. The van der Waals surface area contributed by atoms with Crippen LogP contribution in [0.4, 0.5) is 5.13 Å². The van der Waals surface area contributed by atoms with Crippen LogP contribution >= 0.6 is 11.3 Å². The molecule has 1 amide bonds. The number of aromatic nitrogens is 2. The van der Waals surface area contributed by atoms with Crippen molar-refractivity contribution in [3.8, 4) is 5.88 Å². The zero-order valence-electron chi connectivity index (χ0n) is 22.1. The van der Waals surface area contributed by atoms with Gasteiger partial charge in [0.1, 0.15) is 17.0 Å². The van der Waals surface area contributed by atoms with E-state index in [9.17, 15) is 13.2 Å². The molecule has 0 bridgehead atoms. The van der Waals surface area contributed by atoms with Crippen LogP contribution in [0.1, 0.15) is 19.4 Å². The number of hydrazone groups is 1. The molecule has 4 rings (SSSR count). The summed E-state index contributed by atoms with van der Waals surface area (Å²) < 4.78 is 35.0. The van der Waals surface area contributed by atoms with Gasteiger partial charge < -0.3 is 14.4 Å². The van der Waals surface area contributed by atoms with Crippen LogP contribution in [0.15, 0.2) is 46.4 Å². The minimum atomic E-state index is -3.37. The fourth-order valence-corrected chi connectivity index (χ4v) is 4.81. The Bertz CT molecular complexity index is 1430. The first kappa shape index (κ1) is 27.9. The van der Waals surface area contributed by atoms with Crippen molar-refractivity contribution >= 4 is 48.3 Å². The molecule has 0 radical (unpaired) electrons. The summed E-state index contributed by atoms with van der Waals surface area (Å²) in [5.74, 6) is 0.0151. The molecule has 0 spiro atoms. The van der Waals surface area contributed by atoms with Gasteiger partial charge in [0.15, 0.2) is 20.7 Å². The van der Waals surface area contributed by atoms with Gasteiger partial charge in [0.2, 0.25) is 5.88 Å². The van der Waals surface area contributed by atoms with Gasteiger partial charge in [0, 0.05) is 23.4 Å². The predicted octanol–water partition coefficient (Wildman–Crippen LogP) is 2.49. The largest absolute Gasteiger partial charge is 0.476 e. The van der Waals surface area contributed by atoms with Crippen LogP contribution < -0.4 is 10.1 Å². The lowest BCUT2D eigenvalue weighted by atomic mass is 10.1. The van der Waals surface area contributed by atoms with Crippen molar-refractivity contribution in [1.82, 2.24) is 19.9 Å². The molecule has 1 aliphatic heterocycles. The molecule has 1 aliphatic rings. The number of hydrogen-bond donors (Lipinski definition) is 1. The van der Waals surface area contributed by atoms with Crippen LogP contribution in [0, 0.1) is 0 Å². The number of carbonyl (C=O) groups is 1. The van der Waals surface area contributed by atoms with E-state index in [1.54, 1.807) is 29.3 Å². The van der Waals surface area contributed by atoms with Crippen LogP contribution in [0.3, 0.4) is 0 Å². The van der Waals surface area contributed by atoms with Crippen molar-refractivity contribution in [3.63, 3.8) is 0 Å². The topological polar surface area (TPSA) is 126 Å². The SMILES string of the molecule is CN(C)C(C)(C)COc1ccc2nc(NC(=O)/C(=N/N3CCOCC3)c3ccc(S(C)(=O)=O)cc3)sc2n1. The molecule has 38 heavy (non-hydrogen) atoms. The van der Waals surface area contributed by atoms with Crippen molar-refractivity contribution in [2.45, 2.75) is 24.3 Å². The Kier molecular flexibility index (Phi) is 8.31. The van der Waals surface area contributed by atoms with Crippen molar-refractivity contribution in [1.29, 1.82) is 0 Å². The summed E-state index contributed by atoms with van der Waals surface area (Å²) >= 11 is 1.23. The maximum atomic E-state index is 13.4. The molecular weight excluding hydrogens is 528 g/mol. The van der Waals surface area contributed by atoms with Crippen LogP contribution in [0.25, 0.3) is 10.3 Å². The summed E-state index contributed by atoms with van der Waals surface area (Å²) in [5, 5.41) is 9.53. The highest BCUT2D eigenvalue weighted by Crippen LogP contribution is 2.27. The number of amides is 1. The van der Waals surface area contributed by atoms with Gasteiger partial charge in [-0.1, -0.05) is 23.5 Å². The van der Waals surface area contributed by atoms with Gasteiger partial charge in [-0.3, -0.25) is 15.1 Å². The smallest absolute Gasteiger partial charge is 0.278 e. The normalized spacial score (nSPS) is 15.2. The Hall–Kier alpha value is -3.13. The van der Waals surface area contributed by atoms with Crippen LogP contribution in [0.5, 0.6) is 5.88 Å². The van der Waals surface area contributed by atoms with E-state index in [2.05, 4.69) is 39.1 Å². The minimum absolute atomic E-state index is 0.147. The first-order chi connectivity index (χ1) is 17.9. The molecule has 1 aromatic carbocycles. The highest BCUT2D eigenvalue weighted by Gasteiger charge is 2.23. The van der Waals surface area contributed by atoms with Gasteiger partial charge in [0.25, 0.3) is 5.91 Å². The molecule has 1 fully saturated rings. The molecule has 0 saturated carbocycles. The molecule has 0 aliphatic carbocycles. The number of sulfone groups is 1. The summed E-state index contributed by atoms with van der Waals surface area (Å²) in [6.07, 6.45) is 1.14. The van der Waals surface area contributed by atoms with E-state index in [0.29, 0.717) is 59.8 Å². The summed E-state index contributed by atoms with van der Waals surface area (Å²) in [5.41, 5.74) is 1.10. The van der Waals surface area contributed by atoms with E-state index in [4.69, 9.17) is 9.47 Å². The summed E-state index contributed by atoms with van der Waals surface area (Å²) in [6.45, 7) is 6.71. The third kappa shape index (κ3) is 6.84. The summed E-state index contributed by atoms with van der Waals surface area (Å²) in [4.78, 5) is 25.3. The van der Waals surface area contributed by atoms with Crippen LogP contribution in [0.2, 0.25) is 0 Å². The number of ether oxygens (including phenoxy) is 2. The zero-order chi connectivity index (χ0) is 27.5. The number of rotatable bonds is 9. The number of likely N-dealkylation sites (N-methyl/N-ethyl adjacent to an activating group) is 1. The molecule has 11 nitrogen and oxygen atoms in total. The number of thiazole rings is 1. The first-order valence-electron chi connectivity index (χ1n) is 12.0. The predicted molar refractivity (Wildman–Crippen MR) is 148 cm³/mol. The fraction of sp³-hybridized carbons (Fsp3) is 0.440. The van der Waals surface area contributed by atoms with Gasteiger partial charge in [-0.2, -0.15) is 5.10 Å². The van der Waals surface area contributed by atoms with Crippen LogP contribution in [-0.4, -0.2) is 98.7 Å². The van der Waals surface area contributed by atoms with Crippen molar-refractivity contribution in [2.24, 2.45) is 5.10 Å². The van der Waals surface area contributed by atoms with Gasteiger partial charge in [0.05, 0.1) is 31.2 Å². The third-order valence-electron chi connectivity index (χ3n) is 6.23. The standard InChI is InChI=1S/C25H32N6O5S2/c1-25(2,30(3)4)16-36-20-11-10-19-23(27-20)37-24(26-19)28-22(32)21(29-31-12-14-35-15-13-31)17-6-8-18(9-7-17)38(5,33)34/h6-11H,12-16H2,1-5H3,(H,26,28,32)/b29-21+. The number of nitrogens with one attached hydrogen (secondary N) is 1. The number of pyridine rings is 1. The van der Waals surface area contributed by atoms with E-state index >= 15 is 0 Å². The van der Waals surface area contributed by atoms with Crippen molar-refractivity contribution in [3.05, 3.63) is 42.0 Å². The quantitative estimate of drug-likeness (QED) is 0.393. The minimum Gasteiger partial charge on any atom is -0.476 e. The average molecular weight is 561 g/mol. The molecule has 0 atom stereocenters. The summed E-state index contributed by atoms with van der Waals surface area (Å²) in [7, 11) is 0.618. The maximum Gasteiger partial charge on any atom is 0.278 e. The monoisotopic (exact) mass is 560 g/mol. The lowest BCUT2D eigenvalue weighted by Crippen LogP contribution is -2.43. The second-order valence-electron chi connectivity index (χ2n) is 9.75. The molecule has 3 heterocycles. The number of benzene rings is 1. The Balaban J connectivity index is 1.56. The van der Waals surface area contributed by atoms with E-state index in [0.717, 1.165) is 6.26 Å². The van der Waals surface area contributed by atoms with E-state index < -0.39 is 15.7 Å². The number of nitrogens with zero attached hydrogens (tertiary/aromatic N) is 5. The lowest BCUT2D eigenvalue weighted by Gasteiger charge is -2.31. The number of carbonyl (C=O) groups excluding carboxylic acids is 1. The Morgan fingerprint density at radius 2 is 1.84 bits per heavy atom. The molecular formula is C25H32N6O5S2. The van der Waals surface area contributed by atoms with Crippen molar-refractivity contribution < 1.29 is 22.7 Å². The highest BCUT2D eigenvalue weighted by molar-refractivity contribution is 7.90. The molecule has 1 saturated heterocycles. The molecule has 3 aromatic rings. The van der Waals surface area contributed by atoms with E-state index in [1.165, 1.54) is 23.5 Å². The zero-order valence-corrected chi connectivity index (χ0v) is 23.7. The molecule has 0 unspecified atom stereocenters. The van der Waals surface area contributed by atoms with Crippen molar-refractivity contribution in [2.75, 3.05) is 58.6 Å². The van der Waals surface area contributed by atoms with E-state index in [-0.39, 0.29) is 16.1 Å². The average Bonchev–Trinajstić information content (AvgIpc) is 3.27. The van der Waals surface area contributed by atoms with Crippen LogP contribution in [-0.2, 0) is 19.4 Å². The Labute approximate surface area is 226 Å². The number of hydrogen-bond acceptors (Lipinski definition) is 11. The molecule has 204 valence electrons. The first-order valence-corrected chi connectivity index (χ1v) is 14.7. The van der Waals surface area contributed by atoms with Gasteiger partial charge in [-0.05, 0) is 46.1 Å². The summed E-state index contributed by atoms with van der Waals surface area (Å²) in [6, 6.07) is 9.65. The van der Waals surface area contributed by atoms with Gasteiger partial charge >= 0.3 is 0 Å². The maximum absolute atomic E-state index is 13.4. The third-order valence-corrected chi connectivity index (χ3v) is 8.24. The second kappa shape index (κ2) is 11.3. The van der Waals surface area contributed by atoms with Gasteiger partial charge in [-0.15, -0.1) is 0 Å². The Morgan fingerprint density at radius 1 is 1.16 bits per heavy atom. The molecule has 13 heteroatoms. The second-order valence-corrected chi connectivity index (χ2v) is 12.7. The lowest BCUT2D eigenvalue weighted by molar-refractivity contribution is -0.110. The highest BCUT2D eigenvalue weighted by atomic mass is 32.2.